The summed E-state index contributed by atoms with van der Waals surface area (Å²) in [7, 11) is 2.82. The molecular formula is C7H11N3O3. The molecule has 0 bridgehead atoms. The first-order valence-electron chi connectivity index (χ1n) is 3.85. The monoisotopic (exact) mass is 185 g/mol. The molecule has 0 atom stereocenters. The lowest BCUT2D eigenvalue weighted by molar-refractivity contribution is 0.327. The van der Waals surface area contributed by atoms with Gasteiger partial charge in [0.25, 0.3) is 0 Å². The standard InChI is InChI=1S/C7H11N3O3/c1-4-10-5(8-2)13-7(12)9(3)6(10)11/h4H2,1-3H3. The first kappa shape index (κ1) is 9.50. The summed E-state index contributed by atoms with van der Waals surface area (Å²) in [6, 6.07) is 0. The van der Waals surface area contributed by atoms with Crippen LogP contribution in [0, 0.1) is 0 Å². The van der Waals surface area contributed by atoms with Crippen molar-refractivity contribution in [3.05, 3.63) is 26.7 Å². The van der Waals surface area contributed by atoms with Crippen LogP contribution < -0.4 is 17.1 Å². The van der Waals surface area contributed by atoms with Gasteiger partial charge >= 0.3 is 17.1 Å². The highest BCUT2D eigenvalue weighted by Gasteiger charge is 2.04. The molecule has 6 heteroatoms. The van der Waals surface area contributed by atoms with E-state index < -0.39 is 11.4 Å². The van der Waals surface area contributed by atoms with Crippen LogP contribution >= 0.6 is 0 Å². The molecule has 0 spiro atoms. The van der Waals surface area contributed by atoms with Crippen LogP contribution in [0.15, 0.2) is 19.0 Å². The van der Waals surface area contributed by atoms with Crippen molar-refractivity contribution < 1.29 is 4.42 Å². The Bertz CT molecular complexity index is 477. The predicted molar refractivity (Wildman–Crippen MR) is 45.4 cm³/mol. The SMILES string of the molecule is CCn1c(=NC)oc(=O)n(C)c1=O. The van der Waals surface area contributed by atoms with E-state index in [4.69, 9.17) is 4.42 Å². The van der Waals surface area contributed by atoms with Crippen molar-refractivity contribution in [3.63, 3.8) is 0 Å². The zero-order valence-electron chi connectivity index (χ0n) is 7.77. The van der Waals surface area contributed by atoms with Gasteiger partial charge in [0.1, 0.15) is 0 Å². The van der Waals surface area contributed by atoms with E-state index in [1.54, 1.807) is 6.92 Å². The van der Waals surface area contributed by atoms with Crippen molar-refractivity contribution >= 4 is 0 Å². The average Bonchev–Trinajstić information content (AvgIpc) is 2.13. The lowest BCUT2D eigenvalue weighted by atomic mass is 10.7. The minimum atomic E-state index is -0.699. The molecule has 0 saturated heterocycles. The Kier molecular flexibility index (Phi) is 2.50. The third kappa shape index (κ3) is 1.47. The zero-order valence-corrected chi connectivity index (χ0v) is 7.77. The summed E-state index contributed by atoms with van der Waals surface area (Å²) in [5, 5.41) is 0. The summed E-state index contributed by atoms with van der Waals surface area (Å²) in [6.07, 6.45) is 0. The molecule has 6 nitrogen and oxygen atoms in total. The van der Waals surface area contributed by atoms with Crippen LogP contribution in [0.3, 0.4) is 0 Å². The van der Waals surface area contributed by atoms with E-state index in [9.17, 15) is 9.59 Å². The minimum Gasteiger partial charge on any atom is -0.375 e. The molecule has 0 aliphatic rings. The van der Waals surface area contributed by atoms with Gasteiger partial charge in [-0.1, -0.05) is 0 Å². The topological polar surface area (TPSA) is 69.5 Å². The van der Waals surface area contributed by atoms with Crippen molar-refractivity contribution in [2.24, 2.45) is 12.0 Å². The van der Waals surface area contributed by atoms with Crippen molar-refractivity contribution in [2.75, 3.05) is 7.05 Å². The van der Waals surface area contributed by atoms with Crippen molar-refractivity contribution in [1.29, 1.82) is 0 Å². The molecule has 0 aliphatic heterocycles. The Hall–Kier alpha value is -1.59. The normalized spacial score (nSPS) is 12.1. The van der Waals surface area contributed by atoms with Gasteiger partial charge in [0.05, 0.1) is 0 Å². The van der Waals surface area contributed by atoms with Gasteiger partial charge in [-0.15, -0.1) is 0 Å². The van der Waals surface area contributed by atoms with Gasteiger partial charge in [-0.25, -0.2) is 23.7 Å². The van der Waals surface area contributed by atoms with Crippen LogP contribution in [-0.2, 0) is 13.6 Å². The second-order valence-corrected chi connectivity index (χ2v) is 2.46. The van der Waals surface area contributed by atoms with E-state index in [0.29, 0.717) is 6.54 Å². The molecule has 13 heavy (non-hydrogen) atoms. The quantitative estimate of drug-likeness (QED) is 0.545. The van der Waals surface area contributed by atoms with E-state index >= 15 is 0 Å². The Balaban J connectivity index is 3.80. The van der Waals surface area contributed by atoms with Crippen LogP contribution in [-0.4, -0.2) is 16.2 Å². The van der Waals surface area contributed by atoms with Crippen LogP contribution in [0.4, 0.5) is 0 Å². The fourth-order valence-electron chi connectivity index (χ4n) is 0.980. The Morgan fingerprint density at radius 1 is 1.46 bits per heavy atom. The Morgan fingerprint density at radius 2 is 2.08 bits per heavy atom. The van der Waals surface area contributed by atoms with Crippen molar-refractivity contribution in [3.8, 4) is 0 Å². The molecule has 0 N–H and O–H groups in total. The second-order valence-electron chi connectivity index (χ2n) is 2.46. The molecule has 1 rings (SSSR count). The van der Waals surface area contributed by atoms with E-state index in [0.717, 1.165) is 4.57 Å². The van der Waals surface area contributed by atoms with E-state index in [-0.39, 0.29) is 5.68 Å². The second kappa shape index (κ2) is 3.42. The molecule has 0 fully saturated rings. The summed E-state index contributed by atoms with van der Waals surface area (Å²) < 4.78 is 6.94. The largest absolute Gasteiger partial charge is 0.425 e. The molecule has 0 saturated carbocycles. The van der Waals surface area contributed by atoms with Gasteiger partial charge in [0.15, 0.2) is 0 Å². The molecule has 0 amide bonds. The predicted octanol–water partition coefficient (Wildman–Crippen LogP) is -1.31. The lowest BCUT2D eigenvalue weighted by Crippen LogP contribution is -2.45. The van der Waals surface area contributed by atoms with Crippen molar-refractivity contribution in [1.82, 2.24) is 9.13 Å². The lowest BCUT2D eigenvalue weighted by Gasteiger charge is -2.01. The average molecular weight is 185 g/mol. The number of hydrogen-bond donors (Lipinski definition) is 0. The first-order chi connectivity index (χ1) is 6.11. The summed E-state index contributed by atoms with van der Waals surface area (Å²) in [5.74, 6) is -0.699. The van der Waals surface area contributed by atoms with Crippen LogP contribution in [0.25, 0.3) is 0 Å². The highest BCUT2D eigenvalue weighted by Crippen LogP contribution is 1.67. The summed E-state index contributed by atoms with van der Waals surface area (Å²) >= 11 is 0. The molecule has 1 heterocycles. The van der Waals surface area contributed by atoms with E-state index in [2.05, 4.69) is 4.99 Å². The van der Waals surface area contributed by atoms with Gasteiger partial charge in [0.2, 0.25) is 0 Å². The molecule has 0 aromatic carbocycles. The van der Waals surface area contributed by atoms with Crippen LogP contribution in [0.1, 0.15) is 6.92 Å². The Morgan fingerprint density at radius 3 is 2.54 bits per heavy atom. The zero-order chi connectivity index (χ0) is 10.0. The summed E-state index contributed by atoms with van der Waals surface area (Å²) in [6.45, 7) is 2.19. The van der Waals surface area contributed by atoms with Gasteiger partial charge < -0.3 is 4.42 Å². The van der Waals surface area contributed by atoms with Gasteiger partial charge in [0, 0.05) is 20.6 Å². The van der Waals surface area contributed by atoms with E-state index in [1.165, 1.54) is 18.7 Å². The van der Waals surface area contributed by atoms with Crippen molar-refractivity contribution in [2.45, 2.75) is 13.5 Å². The maximum absolute atomic E-state index is 11.4. The molecule has 1 aromatic heterocycles. The van der Waals surface area contributed by atoms with Gasteiger partial charge in [-0.2, -0.15) is 0 Å². The molecule has 0 aliphatic carbocycles. The maximum atomic E-state index is 11.4. The summed E-state index contributed by atoms with van der Waals surface area (Å²) in [4.78, 5) is 26.1. The molecule has 72 valence electrons. The molecule has 0 unspecified atom stereocenters. The number of aromatic nitrogens is 2. The summed E-state index contributed by atoms with van der Waals surface area (Å²) in [5.41, 5.74) is -0.366. The van der Waals surface area contributed by atoms with Gasteiger partial charge in [-0.05, 0) is 6.92 Å². The third-order valence-corrected chi connectivity index (χ3v) is 1.71. The number of hydrogen-bond acceptors (Lipinski definition) is 4. The fourth-order valence-corrected chi connectivity index (χ4v) is 0.980. The smallest absolute Gasteiger partial charge is 0.375 e. The minimum absolute atomic E-state index is 0.0515. The molecular weight excluding hydrogens is 174 g/mol. The molecule has 0 radical (unpaired) electrons. The van der Waals surface area contributed by atoms with Gasteiger partial charge in [-0.3, -0.25) is 0 Å². The Labute approximate surface area is 73.8 Å². The third-order valence-electron chi connectivity index (χ3n) is 1.71. The fraction of sp³-hybridized carbons (Fsp3) is 0.571. The molecule has 1 aromatic rings. The maximum Gasteiger partial charge on any atom is 0.425 e. The van der Waals surface area contributed by atoms with E-state index in [1.807, 2.05) is 0 Å². The van der Waals surface area contributed by atoms with Crippen LogP contribution in [0.2, 0.25) is 0 Å². The first-order valence-corrected chi connectivity index (χ1v) is 3.85. The number of nitrogens with zero attached hydrogens (tertiary/aromatic N) is 3. The number of rotatable bonds is 1. The van der Waals surface area contributed by atoms with Crippen LogP contribution in [0.5, 0.6) is 0 Å². The highest BCUT2D eigenvalue weighted by molar-refractivity contribution is 4.66. The highest BCUT2D eigenvalue weighted by atomic mass is 16.4.